The van der Waals surface area contributed by atoms with Gasteiger partial charge in [-0.05, 0) is 45.0 Å². The summed E-state index contributed by atoms with van der Waals surface area (Å²) < 4.78 is 10.8. The number of esters is 2. The van der Waals surface area contributed by atoms with E-state index < -0.39 is 17.9 Å². The van der Waals surface area contributed by atoms with E-state index in [2.05, 4.69) is 20.9 Å². The van der Waals surface area contributed by atoms with Crippen LogP contribution in [0.15, 0.2) is 33.7 Å². The van der Waals surface area contributed by atoms with E-state index in [4.69, 9.17) is 9.47 Å². The Kier molecular flexibility index (Phi) is 7.08. The highest BCUT2D eigenvalue weighted by Crippen LogP contribution is 2.19. The quantitative estimate of drug-likeness (QED) is 0.580. The van der Waals surface area contributed by atoms with Crippen molar-refractivity contribution in [2.45, 2.75) is 20.8 Å². The van der Waals surface area contributed by atoms with Crippen LogP contribution in [0, 0.1) is 5.92 Å². The third-order valence-electron chi connectivity index (χ3n) is 2.61. The molecule has 0 amide bonds. The highest BCUT2D eigenvalue weighted by Gasteiger charge is 2.27. The van der Waals surface area contributed by atoms with E-state index in [1.54, 1.807) is 45.0 Å². The van der Waals surface area contributed by atoms with Gasteiger partial charge in [0.1, 0.15) is 11.6 Å². The lowest BCUT2D eigenvalue weighted by atomic mass is 10.1. The number of carbonyl (C=O) groups excluding carboxylic acids is 2. The molecule has 5 nitrogen and oxygen atoms in total. The van der Waals surface area contributed by atoms with Gasteiger partial charge in [0, 0.05) is 4.47 Å². The minimum atomic E-state index is -0.785. The van der Waals surface area contributed by atoms with Crippen molar-refractivity contribution < 1.29 is 19.1 Å². The fraction of sp³-hybridized carbons (Fsp3) is 0.400. The summed E-state index contributed by atoms with van der Waals surface area (Å²) in [7, 11) is 0. The first-order chi connectivity index (χ1) is 9.99. The molecule has 1 atom stereocenters. The van der Waals surface area contributed by atoms with Crippen LogP contribution in [-0.4, -0.2) is 30.9 Å². The molecule has 114 valence electrons. The molecular weight excluding hydrogens is 338 g/mol. The number of hydrogen-bond acceptors (Lipinski definition) is 5. The first-order valence-corrected chi connectivity index (χ1v) is 7.46. The number of benzene rings is 1. The molecule has 6 heteroatoms. The third kappa shape index (κ3) is 5.30. The topological polar surface area (TPSA) is 65.0 Å². The molecule has 0 aliphatic carbocycles. The number of ether oxygens (including phenoxy) is 2. The summed E-state index contributed by atoms with van der Waals surface area (Å²) in [6.45, 7) is 5.45. The van der Waals surface area contributed by atoms with Gasteiger partial charge in [-0.2, -0.15) is 0 Å². The van der Waals surface area contributed by atoms with Crippen LogP contribution < -0.4 is 0 Å². The predicted octanol–water partition coefficient (Wildman–Crippen LogP) is 3.28. The summed E-state index contributed by atoms with van der Waals surface area (Å²) in [5.74, 6) is -1.89. The van der Waals surface area contributed by atoms with Crippen LogP contribution in [0.25, 0.3) is 0 Å². The second kappa shape index (κ2) is 8.56. The Bertz CT molecular complexity index is 525. The summed E-state index contributed by atoms with van der Waals surface area (Å²) in [4.78, 5) is 28.1. The number of aliphatic imine (C=N–C) groups is 1. The molecule has 0 N–H and O–H groups in total. The van der Waals surface area contributed by atoms with Gasteiger partial charge < -0.3 is 9.47 Å². The minimum absolute atomic E-state index is 0.0395. The second-order valence-electron chi connectivity index (χ2n) is 4.17. The van der Waals surface area contributed by atoms with Crippen LogP contribution in [0.4, 0.5) is 5.69 Å². The molecule has 1 aromatic carbocycles. The summed E-state index contributed by atoms with van der Waals surface area (Å²) in [5, 5.41) is 0. The fourth-order valence-corrected chi connectivity index (χ4v) is 1.82. The monoisotopic (exact) mass is 355 g/mol. The molecule has 1 unspecified atom stereocenters. The van der Waals surface area contributed by atoms with Crippen LogP contribution >= 0.6 is 15.9 Å². The average molecular weight is 356 g/mol. The summed E-state index contributed by atoms with van der Waals surface area (Å²) in [6.07, 6.45) is 0. The van der Waals surface area contributed by atoms with E-state index in [0.717, 1.165) is 4.47 Å². The molecule has 0 aromatic heterocycles. The molecule has 0 saturated heterocycles. The average Bonchev–Trinajstić information content (AvgIpc) is 2.46. The molecule has 0 fully saturated rings. The van der Waals surface area contributed by atoms with Gasteiger partial charge in [0.15, 0.2) is 0 Å². The number of carbonyl (C=O) groups is 2. The lowest BCUT2D eigenvalue weighted by molar-refractivity contribution is -0.146. The van der Waals surface area contributed by atoms with Crippen LogP contribution in [0.2, 0.25) is 0 Å². The Morgan fingerprint density at radius 2 is 1.71 bits per heavy atom. The SMILES string of the molecule is CCOC(=O)C(=Nc1ccc(Br)cc1)C(C)C(=O)OCC. The second-order valence-corrected chi connectivity index (χ2v) is 5.08. The zero-order chi connectivity index (χ0) is 15.8. The lowest BCUT2D eigenvalue weighted by Crippen LogP contribution is -2.31. The largest absolute Gasteiger partial charge is 0.465 e. The maximum absolute atomic E-state index is 12.0. The molecule has 1 aromatic rings. The van der Waals surface area contributed by atoms with E-state index in [1.807, 2.05) is 0 Å². The normalized spacial score (nSPS) is 12.7. The Morgan fingerprint density at radius 1 is 1.14 bits per heavy atom. The number of rotatable bonds is 6. The fourth-order valence-electron chi connectivity index (χ4n) is 1.56. The van der Waals surface area contributed by atoms with Gasteiger partial charge in [-0.3, -0.25) is 4.79 Å². The molecule has 0 radical (unpaired) electrons. The lowest BCUT2D eigenvalue weighted by Gasteiger charge is -2.12. The van der Waals surface area contributed by atoms with Gasteiger partial charge in [-0.1, -0.05) is 15.9 Å². The molecule has 0 heterocycles. The van der Waals surface area contributed by atoms with Crippen molar-refractivity contribution in [1.82, 2.24) is 0 Å². The van der Waals surface area contributed by atoms with E-state index in [-0.39, 0.29) is 18.9 Å². The zero-order valence-electron chi connectivity index (χ0n) is 12.3. The summed E-state index contributed by atoms with van der Waals surface area (Å²) in [5.41, 5.74) is 0.607. The summed E-state index contributed by atoms with van der Waals surface area (Å²) in [6, 6.07) is 7.08. The van der Waals surface area contributed by atoms with Crippen molar-refractivity contribution in [3.05, 3.63) is 28.7 Å². The van der Waals surface area contributed by atoms with Gasteiger partial charge >= 0.3 is 11.9 Å². The molecule has 21 heavy (non-hydrogen) atoms. The minimum Gasteiger partial charge on any atom is -0.465 e. The van der Waals surface area contributed by atoms with Crippen LogP contribution in [-0.2, 0) is 19.1 Å². The van der Waals surface area contributed by atoms with Crippen molar-refractivity contribution >= 4 is 39.3 Å². The molecular formula is C15H18BrNO4. The van der Waals surface area contributed by atoms with Crippen molar-refractivity contribution in [3.63, 3.8) is 0 Å². The highest BCUT2D eigenvalue weighted by atomic mass is 79.9. The molecule has 0 aliphatic heterocycles. The molecule has 0 bridgehead atoms. The Balaban J connectivity index is 3.09. The molecule has 1 rings (SSSR count). The number of hydrogen-bond donors (Lipinski definition) is 0. The van der Waals surface area contributed by atoms with E-state index in [0.29, 0.717) is 5.69 Å². The van der Waals surface area contributed by atoms with E-state index >= 15 is 0 Å². The van der Waals surface area contributed by atoms with E-state index in [1.165, 1.54) is 0 Å². The van der Waals surface area contributed by atoms with Crippen LogP contribution in [0.1, 0.15) is 20.8 Å². The van der Waals surface area contributed by atoms with Crippen molar-refractivity contribution in [1.29, 1.82) is 0 Å². The Morgan fingerprint density at radius 3 is 2.24 bits per heavy atom. The first-order valence-electron chi connectivity index (χ1n) is 6.67. The first kappa shape index (κ1) is 17.4. The van der Waals surface area contributed by atoms with Crippen molar-refractivity contribution in [3.8, 4) is 0 Å². The van der Waals surface area contributed by atoms with Gasteiger partial charge in [-0.15, -0.1) is 0 Å². The summed E-state index contributed by atoms with van der Waals surface area (Å²) >= 11 is 3.32. The van der Waals surface area contributed by atoms with Gasteiger partial charge in [-0.25, -0.2) is 9.79 Å². The molecule has 0 aliphatic rings. The number of halogens is 1. The maximum atomic E-state index is 12.0. The molecule has 0 saturated carbocycles. The van der Waals surface area contributed by atoms with Crippen molar-refractivity contribution in [2.24, 2.45) is 10.9 Å². The van der Waals surface area contributed by atoms with Crippen LogP contribution in [0.3, 0.4) is 0 Å². The smallest absolute Gasteiger partial charge is 0.353 e. The third-order valence-corrected chi connectivity index (χ3v) is 3.14. The van der Waals surface area contributed by atoms with Gasteiger partial charge in [0.25, 0.3) is 0 Å². The van der Waals surface area contributed by atoms with Gasteiger partial charge in [0.05, 0.1) is 18.9 Å². The van der Waals surface area contributed by atoms with E-state index in [9.17, 15) is 9.59 Å². The van der Waals surface area contributed by atoms with Gasteiger partial charge in [0.2, 0.25) is 0 Å². The van der Waals surface area contributed by atoms with Crippen LogP contribution in [0.5, 0.6) is 0 Å². The Labute approximate surface area is 132 Å². The Hall–Kier alpha value is -1.69. The number of nitrogens with zero attached hydrogens (tertiary/aromatic N) is 1. The predicted molar refractivity (Wildman–Crippen MR) is 83.7 cm³/mol. The standard InChI is InChI=1S/C15H18BrNO4/c1-4-20-14(18)10(3)13(15(19)21-5-2)17-12-8-6-11(16)7-9-12/h6-10H,4-5H2,1-3H3. The zero-order valence-corrected chi connectivity index (χ0v) is 13.8. The maximum Gasteiger partial charge on any atom is 0.353 e. The highest BCUT2D eigenvalue weighted by molar-refractivity contribution is 9.10. The molecule has 0 spiro atoms. The van der Waals surface area contributed by atoms with Crippen molar-refractivity contribution in [2.75, 3.05) is 13.2 Å².